The van der Waals surface area contributed by atoms with Crippen LogP contribution in [0.2, 0.25) is 5.54 Å². The molecular weight excluding hydrogens is 184 g/mol. The molecule has 0 aromatic heterocycles. The summed E-state index contributed by atoms with van der Waals surface area (Å²) in [7, 11) is 2.41. The molecule has 0 aromatic rings. The number of hydrogen-bond donors (Lipinski definition) is 0. The van der Waals surface area contributed by atoms with Crippen LogP contribution in [0.4, 0.5) is 0 Å². The summed E-state index contributed by atoms with van der Waals surface area (Å²) in [6, 6.07) is 0. The number of allylic oxidation sites excluding steroid dienone is 1. The van der Waals surface area contributed by atoms with Gasteiger partial charge in [0.1, 0.15) is 0 Å². The second-order valence-electron chi connectivity index (χ2n) is 2.85. The molecule has 0 radical (unpaired) electrons. The van der Waals surface area contributed by atoms with Crippen molar-refractivity contribution in [3.05, 3.63) is 12.7 Å². The van der Waals surface area contributed by atoms with Gasteiger partial charge in [0.05, 0.1) is 0 Å². The zero-order chi connectivity index (χ0) is 10.3. The fourth-order valence-electron chi connectivity index (χ4n) is 1.45. The van der Waals surface area contributed by atoms with Gasteiger partial charge in [-0.1, -0.05) is 19.4 Å². The lowest BCUT2D eigenvalue weighted by atomic mass is 10.2. The van der Waals surface area contributed by atoms with Crippen LogP contribution in [0.15, 0.2) is 12.7 Å². The molecule has 0 heterocycles. The van der Waals surface area contributed by atoms with E-state index in [1.165, 1.54) is 0 Å². The average Bonchev–Trinajstić information content (AvgIpc) is 2.19. The Morgan fingerprint density at radius 3 is 1.92 bits per heavy atom. The third-order valence-electron chi connectivity index (χ3n) is 2.19. The normalized spacial score (nSPS) is 14.2. The molecule has 0 rings (SSSR count). The van der Waals surface area contributed by atoms with Gasteiger partial charge in [0, 0.05) is 26.9 Å². The van der Waals surface area contributed by atoms with Crippen molar-refractivity contribution in [2.75, 3.05) is 21.3 Å². The molecule has 1 unspecified atom stereocenters. The lowest BCUT2D eigenvalue weighted by molar-refractivity contribution is 0.115. The van der Waals surface area contributed by atoms with Gasteiger partial charge in [-0.15, -0.1) is 6.58 Å². The summed E-state index contributed by atoms with van der Waals surface area (Å²) in [6.07, 6.45) is 3.93. The summed E-state index contributed by atoms with van der Waals surface area (Å²) in [5.41, 5.74) is 0.192. The Balaban J connectivity index is 4.54. The summed E-state index contributed by atoms with van der Waals surface area (Å²) >= 11 is 0. The van der Waals surface area contributed by atoms with Crippen molar-refractivity contribution in [2.24, 2.45) is 0 Å². The van der Waals surface area contributed by atoms with E-state index in [1.54, 1.807) is 21.3 Å². The third kappa shape index (κ3) is 2.91. The molecule has 0 saturated heterocycles. The second-order valence-corrected chi connectivity index (χ2v) is 6.02. The highest BCUT2D eigenvalue weighted by Gasteiger charge is 2.44. The average molecular weight is 204 g/mol. The quantitative estimate of drug-likeness (QED) is 0.470. The van der Waals surface area contributed by atoms with E-state index in [4.69, 9.17) is 13.3 Å². The van der Waals surface area contributed by atoms with Crippen molar-refractivity contribution >= 4 is 8.80 Å². The van der Waals surface area contributed by atoms with Crippen molar-refractivity contribution in [3.8, 4) is 0 Å². The number of hydrogen-bond acceptors (Lipinski definition) is 3. The second kappa shape index (κ2) is 6.31. The van der Waals surface area contributed by atoms with Crippen molar-refractivity contribution in [1.82, 2.24) is 0 Å². The molecule has 13 heavy (non-hydrogen) atoms. The summed E-state index contributed by atoms with van der Waals surface area (Å²) in [5.74, 6) is 0. The molecule has 0 spiro atoms. The number of rotatable bonds is 7. The van der Waals surface area contributed by atoms with Gasteiger partial charge in [-0.05, 0) is 6.42 Å². The third-order valence-corrected chi connectivity index (χ3v) is 5.33. The Labute approximate surface area is 82.1 Å². The first-order valence-corrected chi connectivity index (χ1v) is 6.28. The van der Waals surface area contributed by atoms with Gasteiger partial charge >= 0.3 is 8.80 Å². The van der Waals surface area contributed by atoms with E-state index in [2.05, 4.69) is 13.5 Å². The van der Waals surface area contributed by atoms with Gasteiger partial charge in [-0.25, -0.2) is 0 Å². The molecule has 0 aromatic carbocycles. The molecule has 0 bridgehead atoms. The standard InChI is InChI=1S/C9H20O3Si/c1-6-8-9(7-2)13(10-3,11-4)12-5/h7,9H,2,6,8H2,1,3-5H3. The smallest absolute Gasteiger partial charge is 0.376 e. The molecule has 0 aliphatic heterocycles. The summed E-state index contributed by atoms with van der Waals surface area (Å²) in [5, 5.41) is 0. The van der Waals surface area contributed by atoms with E-state index < -0.39 is 8.80 Å². The van der Waals surface area contributed by atoms with Crippen LogP contribution in [0.1, 0.15) is 19.8 Å². The fraction of sp³-hybridized carbons (Fsp3) is 0.778. The van der Waals surface area contributed by atoms with Gasteiger partial charge in [0.25, 0.3) is 0 Å². The summed E-state index contributed by atoms with van der Waals surface area (Å²) < 4.78 is 16.1. The van der Waals surface area contributed by atoms with Gasteiger partial charge < -0.3 is 13.3 Å². The van der Waals surface area contributed by atoms with Crippen LogP contribution < -0.4 is 0 Å². The first-order chi connectivity index (χ1) is 6.20. The van der Waals surface area contributed by atoms with Crippen LogP contribution >= 0.6 is 0 Å². The predicted molar refractivity (Wildman–Crippen MR) is 55.6 cm³/mol. The highest BCUT2D eigenvalue weighted by molar-refractivity contribution is 6.62. The molecule has 4 heteroatoms. The lowest BCUT2D eigenvalue weighted by Gasteiger charge is -2.30. The molecular formula is C9H20O3Si. The fourth-order valence-corrected chi connectivity index (χ4v) is 3.79. The molecule has 0 fully saturated rings. The van der Waals surface area contributed by atoms with E-state index in [0.29, 0.717) is 0 Å². The minimum atomic E-state index is -2.49. The maximum atomic E-state index is 5.37. The Morgan fingerprint density at radius 2 is 1.69 bits per heavy atom. The maximum absolute atomic E-state index is 5.37. The lowest BCUT2D eigenvalue weighted by Crippen LogP contribution is -2.47. The van der Waals surface area contributed by atoms with Crippen LogP contribution in [0.3, 0.4) is 0 Å². The molecule has 0 saturated carbocycles. The molecule has 0 aliphatic carbocycles. The predicted octanol–water partition coefficient (Wildman–Crippen LogP) is 2.22. The largest absolute Gasteiger partial charge is 0.507 e. The highest BCUT2D eigenvalue weighted by atomic mass is 28.4. The maximum Gasteiger partial charge on any atom is 0.507 e. The topological polar surface area (TPSA) is 27.7 Å². The van der Waals surface area contributed by atoms with E-state index in [-0.39, 0.29) is 5.54 Å². The van der Waals surface area contributed by atoms with Crippen molar-refractivity contribution in [3.63, 3.8) is 0 Å². The van der Waals surface area contributed by atoms with E-state index >= 15 is 0 Å². The molecule has 3 nitrogen and oxygen atoms in total. The van der Waals surface area contributed by atoms with Crippen LogP contribution in [0.5, 0.6) is 0 Å². The van der Waals surface area contributed by atoms with Crippen molar-refractivity contribution in [2.45, 2.75) is 25.3 Å². The highest BCUT2D eigenvalue weighted by Crippen LogP contribution is 2.29. The Hall–Kier alpha value is -0.163. The minimum absolute atomic E-state index is 0.192. The van der Waals surface area contributed by atoms with E-state index in [0.717, 1.165) is 12.8 Å². The molecule has 0 N–H and O–H groups in total. The first-order valence-electron chi connectivity index (χ1n) is 4.48. The zero-order valence-electron chi connectivity index (χ0n) is 9.00. The van der Waals surface area contributed by atoms with Crippen LogP contribution in [0.25, 0.3) is 0 Å². The zero-order valence-corrected chi connectivity index (χ0v) is 10.0. The Morgan fingerprint density at radius 1 is 1.23 bits per heavy atom. The van der Waals surface area contributed by atoms with Gasteiger partial charge in [-0.3, -0.25) is 0 Å². The monoisotopic (exact) mass is 204 g/mol. The Kier molecular flexibility index (Phi) is 6.24. The van der Waals surface area contributed by atoms with Gasteiger partial charge in [0.15, 0.2) is 0 Å². The summed E-state index contributed by atoms with van der Waals surface area (Å²) in [4.78, 5) is 0. The van der Waals surface area contributed by atoms with Gasteiger partial charge in [-0.2, -0.15) is 0 Å². The van der Waals surface area contributed by atoms with Gasteiger partial charge in [0.2, 0.25) is 0 Å². The Bertz CT molecular complexity index is 138. The van der Waals surface area contributed by atoms with Crippen LogP contribution in [-0.2, 0) is 13.3 Å². The van der Waals surface area contributed by atoms with Crippen molar-refractivity contribution in [1.29, 1.82) is 0 Å². The molecule has 1 atom stereocenters. The molecule has 0 amide bonds. The van der Waals surface area contributed by atoms with Crippen LogP contribution in [-0.4, -0.2) is 30.1 Å². The first kappa shape index (κ1) is 12.8. The minimum Gasteiger partial charge on any atom is -0.376 e. The molecule has 0 aliphatic rings. The van der Waals surface area contributed by atoms with E-state index in [9.17, 15) is 0 Å². The van der Waals surface area contributed by atoms with E-state index in [1.807, 2.05) is 6.08 Å². The van der Waals surface area contributed by atoms with Crippen LogP contribution in [0, 0.1) is 0 Å². The van der Waals surface area contributed by atoms with Crippen molar-refractivity contribution < 1.29 is 13.3 Å². The SMILES string of the molecule is C=CC(CCC)[Si](OC)(OC)OC. The summed E-state index contributed by atoms with van der Waals surface area (Å²) in [6.45, 7) is 5.91. The molecule has 78 valence electrons.